The van der Waals surface area contributed by atoms with Crippen molar-refractivity contribution < 1.29 is 0 Å². The van der Waals surface area contributed by atoms with E-state index in [9.17, 15) is 0 Å². The SMILES string of the molecule is c1ccc(-c2nc(-c3ccccc3)nc(-c3cccc4c3ccc3ccc5c6ccccc6[se]c5c34)n2)cc1. The van der Waals surface area contributed by atoms with Crippen LogP contribution in [0.5, 0.6) is 0 Å². The Morgan fingerprint density at radius 1 is 0.410 bits per heavy atom. The minimum atomic E-state index is 0.268. The number of aromatic nitrogens is 3. The van der Waals surface area contributed by atoms with E-state index in [0.29, 0.717) is 17.5 Å². The van der Waals surface area contributed by atoms with Crippen molar-refractivity contribution >= 4 is 55.3 Å². The van der Waals surface area contributed by atoms with Crippen LogP contribution in [0.15, 0.2) is 127 Å². The quantitative estimate of drug-likeness (QED) is 0.160. The number of fused-ring (bicyclic) bond motifs is 7. The van der Waals surface area contributed by atoms with Gasteiger partial charge in [-0.05, 0) is 0 Å². The summed E-state index contributed by atoms with van der Waals surface area (Å²) in [6, 6.07) is 44.7. The number of hydrogen-bond acceptors (Lipinski definition) is 3. The fourth-order valence-electron chi connectivity index (χ4n) is 5.48. The van der Waals surface area contributed by atoms with Crippen molar-refractivity contribution in [2.45, 2.75) is 0 Å². The molecular formula is C35H21N3Se. The van der Waals surface area contributed by atoms with E-state index < -0.39 is 0 Å². The standard InChI is InChI=1S/C35H21N3Se/c1-3-10-23(11-4-1)33-36-34(24-12-5-2-6-13-24)38-35(37-33)29-16-9-15-27-25(29)20-18-22-19-21-28-26-14-7-8-17-30(26)39-32(28)31(22)27/h1-21H. The van der Waals surface area contributed by atoms with Crippen LogP contribution in [0.1, 0.15) is 0 Å². The van der Waals surface area contributed by atoms with Gasteiger partial charge >= 0.3 is 232 Å². The fourth-order valence-corrected chi connectivity index (χ4v) is 8.15. The van der Waals surface area contributed by atoms with E-state index in [1.165, 1.54) is 35.5 Å². The van der Waals surface area contributed by atoms with Gasteiger partial charge in [0.05, 0.1) is 0 Å². The average molecular weight is 563 g/mol. The van der Waals surface area contributed by atoms with Crippen LogP contribution in [-0.2, 0) is 0 Å². The molecule has 8 rings (SSSR count). The Morgan fingerprint density at radius 2 is 1.00 bits per heavy atom. The fraction of sp³-hybridized carbons (Fsp3) is 0. The third-order valence-corrected chi connectivity index (χ3v) is 9.85. The summed E-state index contributed by atoms with van der Waals surface area (Å²) in [6.45, 7) is 0. The minimum absolute atomic E-state index is 0.268. The van der Waals surface area contributed by atoms with Gasteiger partial charge in [-0.15, -0.1) is 0 Å². The maximum atomic E-state index is 5.02. The van der Waals surface area contributed by atoms with Gasteiger partial charge in [-0.1, -0.05) is 0 Å². The second-order valence-electron chi connectivity index (χ2n) is 9.64. The van der Waals surface area contributed by atoms with Crippen molar-refractivity contribution in [1.82, 2.24) is 15.0 Å². The van der Waals surface area contributed by atoms with E-state index in [2.05, 4.69) is 66.7 Å². The van der Waals surface area contributed by atoms with Crippen molar-refractivity contribution in [2.75, 3.05) is 0 Å². The number of rotatable bonds is 3. The summed E-state index contributed by atoms with van der Waals surface area (Å²) < 4.78 is 2.92. The van der Waals surface area contributed by atoms with Crippen molar-refractivity contribution in [3.63, 3.8) is 0 Å². The van der Waals surface area contributed by atoms with Gasteiger partial charge in [0.2, 0.25) is 0 Å². The van der Waals surface area contributed by atoms with Crippen molar-refractivity contribution in [1.29, 1.82) is 0 Å². The molecule has 182 valence electrons. The molecule has 4 heteroatoms. The summed E-state index contributed by atoms with van der Waals surface area (Å²) in [4.78, 5) is 14.9. The molecule has 0 unspecified atom stereocenters. The van der Waals surface area contributed by atoms with E-state index in [1.54, 1.807) is 0 Å². The summed E-state index contributed by atoms with van der Waals surface area (Å²) in [5.41, 5.74) is 2.97. The molecule has 0 aliphatic carbocycles. The second-order valence-corrected chi connectivity index (χ2v) is 11.9. The molecule has 0 saturated heterocycles. The zero-order valence-electron chi connectivity index (χ0n) is 20.9. The number of benzene rings is 6. The summed E-state index contributed by atoms with van der Waals surface area (Å²) in [7, 11) is 0. The molecule has 0 bridgehead atoms. The Hall–Kier alpha value is -4.63. The molecule has 0 N–H and O–H groups in total. The van der Waals surface area contributed by atoms with Gasteiger partial charge in [0.25, 0.3) is 0 Å². The normalized spacial score (nSPS) is 11.6. The molecule has 0 aliphatic rings. The molecule has 2 heterocycles. The molecule has 0 aliphatic heterocycles. The monoisotopic (exact) mass is 563 g/mol. The molecule has 0 amide bonds. The molecule has 6 aromatic carbocycles. The van der Waals surface area contributed by atoms with Gasteiger partial charge in [-0.3, -0.25) is 0 Å². The molecule has 3 nitrogen and oxygen atoms in total. The summed E-state index contributed by atoms with van der Waals surface area (Å²) in [5.74, 6) is 2.04. The molecule has 8 aromatic rings. The Balaban J connectivity index is 1.43. The average Bonchev–Trinajstić information content (AvgIpc) is 3.40. The molecule has 0 spiro atoms. The van der Waals surface area contributed by atoms with E-state index in [-0.39, 0.29) is 14.5 Å². The summed E-state index contributed by atoms with van der Waals surface area (Å²) in [6.07, 6.45) is 0. The van der Waals surface area contributed by atoms with E-state index in [0.717, 1.165) is 22.1 Å². The van der Waals surface area contributed by atoms with Crippen LogP contribution in [0.2, 0.25) is 0 Å². The first-order valence-electron chi connectivity index (χ1n) is 13.0. The topological polar surface area (TPSA) is 38.7 Å². The third-order valence-electron chi connectivity index (χ3n) is 7.32. The van der Waals surface area contributed by atoms with Gasteiger partial charge in [0.1, 0.15) is 0 Å². The van der Waals surface area contributed by atoms with Gasteiger partial charge in [0, 0.05) is 0 Å². The van der Waals surface area contributed by atoms with Crippen LogP contribution >= 0.6 is 0 Å². The molecular weight excluding hydrogens is 541 g/mol. The predicted molar refractivity (Wildman–Crippen MR) is 163 cm³/mol. The molecule has 0 atom stereocenters. The van der Waals surface area contributed by atoms with Gasteiger partial charge in [-0.2, -0.15) is 0 Å². The van der Waals surface area contributed by atoms with Crippen molar-refractivity contribution in [3.8, 4) is 34.2 Å². The molecule has 0 radical (unpaired) electrons. The number of nitrogens with zero attached hydrogens (tertiary/aromatic N) is 3. The zero-order valence-corrected chi connectivity index (χ0v) is 22.6. The molecule has 39 heavy (non-hydrogen) atoms. The second kappa shape index (κ2) is 8.99. The van der Waals surface area contributed by atoms with Crippen LogP contribution in [0, 0.1) is 0 Å². The molecule has 0 fully saturated rings. The summed E-state index contributed by atoms with van der Waals surface area (Å²) >= 11 is 0.268. The Morgan fingerprint density at radius 3 is 1.72 bits per heavy atom. The van der Waals surface area contributed by atoms with Crippen LogP contribution in [0.3, 0.4) is 0 Å². The van der Waals surface area contributed by atoms with Crippen molar-refractivity contribution in [2.24, 2.45) is 0 Å². The van der Waals surface area contributed by atoms with E-state index >= 15 is 0 Å². The Labute approximate surface area is 231 Å². The third kappa shape index (κ3) is 3.69. The van der Waals surface area contributed by atoms with Gasteiger partial charge in [-0.25, -0.2) is 0 Å². The number of hydrogen-bond donors (Lipinski definition) is 0. The first kappa shape index (κ1) is 22.4. The Bertz CT molecular complexity index is 2110. The van der Waals surface area contributed by atoms with Crippen LogP contribution in [0.4, 0.5) is 0 Å². The van der Waals surface area contributed by atoms with Crippen molar-refractivity contribution in [3.05, 3.63) is 127 Å². The Kier molecular flexibility index (Phi) is 5.15. The van der Waals surface area contributed by atoms with Crippen LogP contribution in [-0.4, -0.2) is 29.5 Å². The van der Waals surface area contributed by atoms with Crippen LogP contribution < -0.4 is 0 Å². The van der Waals surface area contributed by atoms with Gasteiger partial charge < -0.3 is 0 Å². The first-order chi connectivity index (χ1) is 19.3. The van der Waals surface area contributed by atoms with Crippen LogP contribution in [0.25, 0.3) is 75.0 Å². The first-order valence-corrected chi connectivity index (χ1v) is 14.7. The van der Waals surface area contributed by atoms with E-state index in [1.807, 2.05) is 60.7 Å². The maximum absolute atomic E-state index is 5.02. The predicted octanol–water partition coefficient (Wildman–Crippen LogP) is 8.54. The molecule has 2 aromatic heterocycles. The van der Waals surface area contributed by atoms with E-state index in [4.69, 9.17) is 15.0 Å². The zero-order chi connectivity index (χ0) is 25.8. The molecule has 0 saturated carbocycles. The van der Waals surface area contributed by atoms with Gasteiger partial charge in [0.15, 0.2) is 0 Å². The summed E-state index contributed by atoms with van der Waals surface area (Å²) in [5, 5.41) is 7.78.